The highest BCUT2D eigenvalue weighted by Crippen LogP contribution is 2.27. The fraction of sp³-hybridized carbons (Fsp3) is 0.208. The first-order chi connectivity index (χ1) is 15.6. The number of ether oxygens (including phenoxy) is 2. The maximum atomic E-state index is 12.8. The van der Waals surface area contributed by atoms with Crippen LogP contribution in [0.15, 0.2) is 76.8 Å². The summed E-state index contributed by atoms with van der Waals surface area (Å²) in [4.78, 5) is 32.6. The lowest BCUT2D eigenvalue weighted by atomic mass is 10.1. The van der Waals surface area contributed by atoms with Crippen molar-refractivity contribution in [3.8, 4) is 0 Å². The standard InChI is InChI=1S/C24H23N3O4S/c1-30-24(29)20-16-18(27-12-14-31-15-13-27)7-10-21(20)26-23(28)17-5-8-19(9-6-17)32-22-4-2-3-11-25-22/h2-11,16H,12-15H2,1H3,(H,26,28). The fourth-order valence-corrected chi connectivity index (χ4v) is 4.11. The van der Waals surface area contributed by atoms with Crippen molar-refractivity contribution in [3.63, 3.8) is 0 Å². The van der Waals surface area contributed by atoms with Gasteiger partial charge in [0.2, 0.25) is 0 Å². The lowest BCUT2D eigenvalue weighted by Crippen LogP contribution is -2.36. The molecule has 1 saturated heterocycles. The first-order valence-electron chi connectivity index (χ1n) is 10.2. The highest BCUT2D eigenvalue weighted by Gasteiger charge is 2.19. The van der Waals surface area contributed by atoms with Gasteiger partial charge in [0, 0.05) is 35.4 Å². The van der Waals surface area contributed by atoms with Gasteiger partial charge in [0.05, 0.1) is 31.6 Å². The van der Waals surface area contributed by atoms with Crippen LogP contribution >= 0.6 is 11.8 Å². The molecule has 4 rings (SSSR count). The summed E-state index contributed by atoms with van der Waals surface area (Å²) in [7, 11) is 1.33. The van der Waals surface area contributed by atoms with Crippen molar-refractivity contribution in [2.45, 2.75) is 9.92 Å². The smallest absolute Gasteiger partial charge is 0.340 e. The second kappa shape index (κ2) is 10.3. The number of aromatic nitrogens is 1. The van der Waals surface area contributed by atoms with Crippen molar-refractivity contribution in [2.24, 2.45) is 0 Å². The molecule has 1 N–H and O–H groups in total. The highest BCUT2D eigenvalue weighted by atomic mass is 32.2. The van der Waals surface area contributed by atoms with E-state index in [1.807, 2.05) is 36.4 Å². The summed E-state index contributed by atoms with van der Waals surface area (Å²) in [6.07, 6.45) is 1.74. The molecular weight excluding hydrogens is 426 g/mol. The number of pyridine rings is 1. The monoisotopic (exact) mass is 449 g/mol. The molecule has 0 aliphatic carbocycles. The molecule has 0 spiro atoms. The number of carbonyl (C=O) groups is 2. The van der Waals surface area contributed by atoms with Crippen molar-refractivity contribution < 1.29 is 19.1 Å². The molecule has 32 heavy (non-hydrogen) atoms. The second-order valence-electron chi connectivity index (χ2n) is 7.07. The third kappa shape index (κ3) is 5.27. The molecule has 0 saturated carbocycles. The summed E-state index contributed by atoms with van der Waals surface area (Å²) in [5.74, 6) is -0.804. The quantitative estimate of drug-likeness (QED) is 0.567. The van der Waals surface area contributed by atoms with Crippen LogP contribution in [0, 0.1) is 0 Å². The van der Waals surface area contributed by atoms with Crippen LogP contribution < -0.4 is 10.2 Å². The molecule has 0 radical (unpaired) electrons. The first-order valence-corrected chi connectivity index (χ1v) is 11.0. The zero-order chi connectivity index (χ0) is 22.3. The number of amides is 1. The van der Waals surface area contributed by atoms with Crippen LogP contribution in [0.3, 0.4) is 0 Å². The first kappa shape index (κ1) is 21.9. The number of hydrogen-bond donors (Lipinski definition) is 1. The zero-order valence-electron chi connectivity index (χ0n) is 17.6. The zero-order valence-corrected chi connectivity index (χ0v) is 18.4. The Kier molecular flexibility index (Phi) is 7.03. The molecule has 1 aliphatic heterocycles. The van der Waals surface area contributed by atoms with Crippen molar-refractivity contribution in [1.29, 1.82) is 0 Å². The van der Waals surface area contributed by atoms with Gasteiger partial charge in [0.1, 0.15) is 5.03 Å². The minimum atomic E-state index is -0.502. The number of benzene rings is 2. The molecule has 164 valence electrons. The fourth-order valence-electron chi connectivity index (χ4n) is 3.34. The third-order valence-corrected chi connectivity index (χ3v) is 5.97. The Morgan fingerprint density at radius 2 is 1.84 bits per heavy atom. The van der Waals surface area contributed by atoms with E-state index in [1.54, 1.807) is 30.5 Å². The normalized spacial score (nSPS) is 13.5. The highest BCUT2D eigenvalue weighted by molar-refractivity contribution is 7.99. The van der Waals surface area contributed by atoms with Gasteiger partial charge in [-0.05, 0) is 54.6 Å². The summed E-state index contributed by atoms with van der Waals surface area (Å²) in [5.41, 5.74) is 2.10. The third-order valence-electron chi connectivity index (χ3n) is 5.01. The predicted octanol–water partition coefficient (Wildman–Crippen LogP) is 4.11. The van der Waals surface area contributed by atoms with E-state index in [0.717, 1.165) is 28.7 Å². The SMILES string of the molecule is COC(=O)c1cc(N2CCOCC2)ccc1NC(=O)c1ccc(Sc2ccccn2)cc1. The van der Waals surface area contributed by atoms with Crippen LogP contribution in [0.2, 0.25) is 0 Å². The average Bonchev–Trinajstić information content (AvgIpc) is 2.85. The average molecular weight is 450 g/mol. The van der Waals surface area contributed by atoms with E-state index >= 15 is 0 Å². The van der Waals surface area contributed by atoms with Gasteiger partial charge in [-0.15, -0.1) is 0 Å². The van der Waals surface area contributed by atoms with Gasteiger partial charge in [-0.2, -0.15) is 0 Å². The Labute approximate surface area is 190 Å². The van der Waals surface area contributed by atoms with Crippen LogP contribution in [-0.2, 0) is 9.47 Å². The van der Waals surface area contributed by atoms with Gasteiger partial charge < -0.3 is 19.7 Å². The predicted molar refractivity (Wildman–Crippen MR) is 124 cm³/mol. The van der Waals surface area contributed by atoms with E-state index < -0.39 is 5.97 Å². The molecule has 7 nitrogen and oxygen atoms in total. The van der Waals surface area contributed by atoms with Crippen LogP contribution in [0.4, 0.5) is 11.4 Å². The van der Waals surface area contributed by atoms with Crippen LogP contribution in [0.1, 0.15) is 20.7 Å². The molecule has 2 heterocycles. The molecular formula is C24H23N3O4S. The van der Waals surface area contributed by atoms with Crippen molar-refractivity contribution in [1.82, 2.24) is 4.98 Å². The van der Waals surface area contributed by atoms with E-state index in [2.05, 4.69) is 15.2 Å². The molecule has 0 atom stereocenters. The maximum Gasteiger partial charge on any atom is 0.340 e. The Bertz CT molecular complexity index is 1080. The number of hydrogen-bond acceptors (Lipinski definition) is 7. The van der Waals surface area contributed by atoms with E-state index in [9.17, 15) is 9.59 Å². The number of nitrogens with zero attached hydrogens (tertiary/aromatic N) is 2. The molecule has 1 fully saturated rings. The topological polar surface area (TPSA) is 80.8 Å². The number of methoxy groups -OCH3 is 1. The lowest BCUT2D eigenvalue weighted by Gasteiger charge is -2.29. The minimum Gasteiger partial charge on any atom is -0.465 e. The Morgan fingerprint density at radius 3 is 2.53 bits per heavy atom. The number of carbonyl (C=O) groups excluding carboxylic acids is 2. The number of morpholine rings is 1. The van der Waals surface area contributed by atoms with Gasteiger partial charge >= 0.3 is 5.97 Å². The molecule has 0 unspecified atom stereocenters. The minimum absolute atomic E-state index is 0.302. The Balaban J connectivity index is 1.49. The number of nitrogens with one attached hydrogen (secondary N) is 1. The molecule has 1 amide bonds. The lowest BCUT2D eigenvalue weighted by molar-refractivity contribution is 0.0602. The molecule has 0 bridgehead atoms. The van der Waals surface area contributed by atoms with E-state index in [4.69, 9.17) is 9.47 Å². The molecule has 8 heteroatoms. The summed E-state index contributed by atoms with van der Waals surface area (Å²) < 4.78 is 10.3. The van der Waals surface area contributed by atoms with Crippen LogP contribution in [-0.4, -0.2) is 50.3 Å². The molecule has 1 aromatic heterocycles. The summed E-state index contributed by atoms with van der Waals surface area (Å²) >= 11 is 1.52. The number of rotatable bonds is 6. The maximum absolute atomic E-state index is 12.8. The van der Waals surface area contributed by atoms with Gasteiger partial charge in [0.15, 0.2) is 0 Å². The van der Waals surface area contributed by atoms with Crippen molar-refractivity contribution in [3.05, 3.63) is 78.0 Å². The summed E-state index contributed by atoms with van der Waals surface area (Å²) in [6.45, 7) is 2.77. The molecule has 3 aromatic rings. The van der Waals surface area contributed by atoms with E-state index in [0.29, 0.717) is 30.0 Å². The van der Waals surface area contributed by atoms with Gasteiger partial charge in [-0.3, -0.25) is 4.79 Å². The molecule has 1 aliphatic rings. The van der Waals surface area contributed by atoms with Crippen molar-refractivity contribution in [2.75, 3.05) is 43.6 Å². The van der Waals surface area contributed by atoms with Crippen molar-refractivity contribution >= 4 is 35.0 Å². The Hall–Kier alpha value is -3.36. The number of esters is 1. The molecule has 2 aromatic carbocycles. The van der Waals surface area contributed by atoms with Gasteiger partial charge in [-0.1, -0.05) is 17.8 Å². The van der Waals surface area contributed by atoms with Gasteiger partial charge in [-0.25, -0.2) is 9.78 Å². The second-order valence-corrected chi connectivity index (χ2v) is 8.16. The largest absolute Gasteiger partial charge is 0.465 e. The van der Waals surface area contributed by atoms with E-state index in [-0.39, 0.29) is 5.91 Å². The van der Waals surface area contributed by atoms with Gasteiger partial charge in [0.25, 0.3) is 5.91 Å². The van der Waals surface area contributed by atoms with Crippen LogP contribution in [0.25, 0.3) is 0 Å². The summed E-state index contributed by atoms with van der Waals surface area (Å²) in [5, 5.41) is 3.72. The summed E-state index contributed by atoms with van der Waals surface area (Å²) in [6, 6.07) is 18.3. The number of anilines is 2. The van der Waals surface area contributed by atoms with Crippen LogP contribution in [0.5, 0.6) is 0 Å². The van der Waals surface area contributed by atoms with E-state index in [1.165, 1.54) is 18.9 Å². The Morgan fingerprint density at radius 1 is 1.06 bits per heavy atom.